The molecule has 126 valence electrons. The molecule has 1 saturated heterocycles. The third-order valence-corrected chi connectivity index (χ3v) is 4.67. The van der Waals surface area contributed by atoms with Gasteiger partial charge < -0.3 is 15.3 Å². The quantitative estimate of drug-likeness (QED) is 0.872. The predicted molar refractivity (Wildman–Crippen MR) is 89.6 cm³/mol. The van der Waals surface area contributed by atoms with Crippen molar-refractivity contribution in [1.82, 2.24) is 5.32 Å². The summed E-state index contributed by atoms with van der Waals surface area (Å²) in [7, 11) is 0. The number of rotatable bonds is 5. The number of carbonyl (C=O) groups excluding carboxylic acids is 2. The number of amides is 2. The van der Waals surface area contributed by atoms with Crippen LogP contribution in [0.2, 0.25) is 0 Å². The number of thiophene rings is 1. The van der Waals surface area contributed by atoms with Crippen LogP contribution in [0.15, 0.2) is 35.0 Å². The van der Waals surface area contributed by atoms with Crippen molar-refractivity contribution in [2.45, 2.75) is 18.9 Å². The van der Waals surface area contributed by atoms with Gasteiger partial charge in [-0.15, -0.1) is 0 Å². The first-order chi connectivity index (χ1) is 11.6. The molecule has 0 bridgehead atoms. The third kappa shape index (κ3) is 3.47. The molecule has 0 saturated carbocycles. The van der Waals surface area contributed by atoms with Gasteiger partial charge in [0.2, 0.25) is 5.91 Å². The van der Waals surface area contributed by atoms with Gasteiger partial charge >= 0.3 is 0 Å². The summed E-state index contributed by atoms with van der Waals surface area (Å²) in [6, 6.07) is 5.83. The van der Waals surface area contributed by atoms with Crippen LogP contribution < -0.4 is 10.2 Å². The van der Waals surface area contributed by atoms with E-state index < -0.39 is 17.8 Å². The van der Waals surface area contributed by atoms with Gasteiger partial charge in [-0.3, -0.25) is 9.59 Å². The first kappa shape index (κ1) is 16.6. The van der Waals surface area contributed by atoms with Gasteiger partial charge in [0.15, 0.2) is 0 Å². The average Bonchev–Trinajstić information content (AvgIpc) is 3.24. The number of hydrogen-bond acceptors (Lipinski definition) is 4. The lowest BCUT2D eigenvalue weighted by Gasteiger charge is -2.17. The van der Waals surface area contributed by atoms with Gasteiger partial charge in [0.05, 0.1) is 11.7 Å². The van der Waals surface area contributed by atoms with E-state index >= 15 is 0 Å². The average molecular weight is 348 g/mol. The van der Waals surface area contributed by atoms with E-state index in [1.54, 1.807) is 16.3 Å². The summed E-state index contributed by atoms with van der Waals surface area (Å²) >= 11 is 1.45. The summed E-state index contributed by atoms with van der Waals surface area (Å²) in [4.78, 5) is 25.6. The topological polar surface area (TPSA) is 69.6 Å². The molecule has 2 heterocycles. The SMILES string of the molecule is O=C(NC[C@H](O)c1ccsc1)c1cc(N2CCCC2=O)ccc1F. The first-order valence-electron chi connectivity index (χ1n) is 7.64. The highest BCUT2D eigenvalue weighted by Gasteiger charge is 2.23. The molecule has 0 spiro atoms. The summed E-state index contributed by atoms with van der Waals surface area (Å²) in [5.41, 5.74) is 1.09. The highest BCUT2D eigenvalue weighted by Crippen LogP contribution is 2.24. The fraction of sp³-hybridized carbons (Fsp3) is 0.294. The number of halogens is 1. The smallest absolute Gasteiger partial charge is 0.254 e. The van der Waals surface area contributed by atoms with Crippen molar-refractivity contribution < 1.29 is 19.1 Å². The lowest BCUT2D eigenvalue weighted by atomic mass is 10.1. The molecule has 0 radical (unpaired) electrons. The molecular formula is C17H17FN2O3S. The molecule has 1 aliphatic heterocycles. The van der Waals surface area contributed by atoms with Gasteiger partial charge in [-0.1, -0.05) is 0 Å². The van der Waals surface area contributed by atoms with Gasteiger partial charge in [-0.25, -0.2) is 4.39 Å². The van der Waals surface area contributed by atoms with Crippen LogP contribution in [0.25, 0.3) is 0 Å². The Morgan fingerprint density at radius 1 is 1.42 bits per heavy atom. The lowest BCUT2D eigenvalue weighted by molar-refractivity contribution is -0.117. The van der Waals surface area contributed by atoms with Crippen molar-refractivity contribution in [1.29, 1.82) is 0 Å². The Morgan fingerprint density at radius 3 is 2.92 bits per heavy atom. The Labute approximate surface area is 142 Å². The number of benzene rings is 1. The fourth-order valence-electron chi connectivity index (χ4n) is 2.64. The number of carbonyl (C=O) groups is 2. The number of aliphatic hydroxyl groups excluding tert-OH is 1. The summed E-state index contributed by atoms with van der Waals surface area (Å²) in [6.07, 6.45) is 0.377. The number of anilines is 1. The van der Waals surface area contributed by atoms with Crippen LogP contribution in [-0.4, -0.2) is 30.0 Å². The van der Waals surface area contributed by atoms with E-state index in [0.717, 1.165) is 6.42 Å². The minimum atomic E-state index is -0.841. The molecule has 2 aromatic rings. The van der Waals surface area contributed by atoms with E-state index in [9.17, 15) is 19.1 Å². The lowest BCUT2D eigenvalue weighted by Crippen LogP contribution is -2.29. The van der Waals surface area contributed by atoms with E-state index in [4.69, 9.17) is 0 Å². The number of nitrogens with one attached hydrogen (secondary N) is 1. The van der Waals surface area contributed by atoms with E-state index in [2.05, 4.69) is 5.32 Å². The van der Waals surface area contributed by atoms with Crippen LogP contribution in [0, 0.1) is 5.82 Å². The number of nitrogens with zero attached hydrogens (tertiary/aromatic N) is 1. The fourth-order valence-corrected chi connectivity index (χ4v) is 3.35. The van der Waals surface area contributed by atoms with Gasteiger partial charge in [-0.2, -0.15) is 11.3 Å². The Balaban J connectivity index is 1.71. The summed E-state index contributed by atoms with van der Waals surface area (Å²) in [5.74, 6) is -1.30. The van der Waals surface area contributed by atoms with Crippen molar-refractivity contribution in [3.8, 4) is 0 Å². The maximum atomic E-state index is 14.0. The Morgan fingerprint density at radius 2 is 2.25 bits per heavy atom. The Kier molecular flexibility index (Phi) is 4.92. The second kappa shape index (κ2) is 7.11. The van der Waals surface area contributed by atoms with Gasteiger partial charge in [-0.05, 0) is 47.0 Å². The van der Waals surface area contributed by atoms with E-state index in [1.165, 1.54) is 29.5 Å². The van der Waals surface area contributed by atoms with Gasteiger partial charge in [0, 0.05) is 25.2 Å². The Hall–Kier alpha value is -2.25. The molecule has 1 aliphatic rings. The zero-order chi connectivity index (χ0) is 17.1. The van der Waals surface area contributed by atoms with Gasteiger partial charge in [0.1, 0.15) is 5.82 Å². The number of aliphatic hydroxyl groups is 1. The van der Waals surface area contributed by atoms with Crippen LogP contribution in [0.4, 0.5) is 10.1 Å². The largest absolute Gasteiger partial charge is 0.387 e. The normalized spacial score (nSPS) is 15.6. The van der Waals surface area contributed by atoms with Crippen LogP contribution in [0.3, 0.4) is 0 Å². The minimum absolute atomic E-state index is 0.0120. The molecule has 5 nitrogen and oxygen atoms in total. The van der Waals surface area contributed by atoms with Crippen molar-refractivity contribution in [2.75, 3.05) is 18.0 Å². The minimum Gasteiger partial charge on any atom is -0.387 e. The molecular weight excluding hydrogens is 331 g/mol. The second-order valence-electron chi connectivity index (χ2n) is 5.60. The molecule has 7 heteroatoms. The van der Waals surface area contributed by atoms with E-state index in [1.807, 2.05) is 5.38 Å². The van der Waals surface area contributed by atoms with E-state index in [0.29, 0.717) is 24.2 Å². The summed E-state index contributed by atoms with van der Waals surface area (Å²) in [6.45, 7) is 0.560. The molecule has 3 rings (SSSR count). The second-order valence-corrected chi connectivity index (χ2v) is 6.38. The van der Waals surface area contributed by atoms with Crippen LogP contribution in [0.5, 0.6) is 0 Å². The molecule has 24 heavy (non-hydrogen) atoms. The monoisotopic (exact) mass is 348 g/mol. The molecule has 1 fully saturated rings. The van der Waals surface area contributed by atoms with Crippen LogP contribution >= 0.6 is 11.3 Å². The predicted octanol–water partition coefficient (Wildman–Crippen LogP) is 2.48. The van der Waals surface area contributed by atoms with Crippen LogP contribution in [0.1, 0.15) is 34.9 Å². The summed E-state index contributed by atoms with van der Waals surface area (Å²) in [5, 5.41) is 16.1. The molecule has 1 aromatic heterocycles. The highest BCUT2D eigenvalue weighted by molar-refractivity contribution is 7.07. The molecule has 2 amide bonds. The van der Waals surface area contributed by atoms with Gasteiger partial charge in [0.25, 0.3) is 5.91 Å². The van der Waals surface area contributed by atoms with Crippen LogP contribution in [-0.2, 0) is 4.79 Å². The highest BCUT2D eigenvalue weighted by atomic mass is 32.1. The molecule has 2 N–H and O–H groups in total. The van der Waals surface area contributed by atoms with Crippen molar-refractivity contribution >= 4 is 28.8 Å². The molecule has 1 atom stereocenters. The first-order valence-corrected chi connectivity index (χ1v) is 8.59. The zero-order valence-corrected chi connectivity index (χ0v) is 13.7. The third-order valence-electron chi connectivity index (χ3n) is 3.96. The zero-order valence-electron chi connectivity index (χ0n) is 12.9. The van der Waals surface area contributed by atoms with E-state index in [-0.39, 0.29) is 18.0 Å². The van der Waals surface area contributed by atoms with Crippen molar-refractivity contribution in [2.24, 2.45) is 0 Å². The standard InChI is InChI=1S/C17H17FN2O3S/c18-14-4-3-12(20-6-1-2-16(20)22)8-13(14)17(23)19-9-15(21)11-5-7-24-10-11/h3-5,7-8,10,15,21H,1-2,6,9H2,(H,19,23)/t15-/m0/s1. The Bertz CT molecular complexity index is 748. The van der Waals surface area contributed by atoms with Crippen molar-refractivity contribution in [3.05, 3.63) is 52.0 Å². The molecule has 0 aliphatic carbocycles. The summed E-state index contributed by atoms with van der Waals surface area (Å²) < 4.78 is 14.0. The maximum absolute atomic E-state index is 14.0. The van der Waals surface area contributed by atoms with Crippen molar-refractivity contribution in [3.63, 3.8) is 0 Å². The molecule has 1 aromatic carbocycles. The molecule has 0 unspecified atom stereocenters. The maximum Gasteiger partial charge on any atom is 0.254 e. The number of hydrogen-bond donors (Lipinski definition) is 2.